The zero-order valence-electron chi connectivity index (χ0n) is 6.95. The van der Waals surface area contributed by atoms with E-state index in [-0.39, 0.29) is 5.75 Å². The first-order valence-corrected chi connectivity index (χ1v) is 4.28. The molecule has 0 N–H and O–H groups in total. The van der Waals surface area contributed by atoms with Gasteiger partial charge in [0.05, 0.1) is 0 Å². The van der Waals surface area contributed by atoms with Crippen molar-refractivity contribution in [3.05, 3.63) is 42.5 Å². The first kappa shape index (κ1) is 6.72. The van der Waals surface area contributed by atoms with E-state index in [9.17, 15) is 5.11 Å². The van der Waals surface area contributed by atoms with Crippen molar-refractivity contribution >= 4 is 0 Å². The van der Waals surface area contributed by atoms with Crippen LogP contribution in [0.25, 0.3) is 22.3 Å². The molecule has 1 heteroatoms. The first-order valence-electron chi connectivity index (χ1n) is 4.28. The van der Waals surface area contributed by atoms with Crippen LogP contribution in [-0.2, 0) is 5.11 Å². The summed E-state index contributed by atoms with van der Waals surface area (Å²) in [6.07, 6.45) is 0. The van der Waals surface area contributed by atoms with Crippen LogP contribution in [0.15, 0.2) is 42.5 Å². The van der Waals surface area contributed by atoms with Gasteiger partial charge in [-0.05, 0) is 22.8 Å². The summed E-state index contributed by atoms with van der Waals surface area (Å²) < 4.78 is 0. The van der Waals surface area contributed by atoms with Crippen LogP contribution in [0.5, 0.6) is 5.75 Å². The molecule has 61 valence electrons. The SMILES string of the molecule is [O]c1cccc2c1-c1ccccc1-2. The molecule has 1 aliphatic carbocycles. The minimum atomic E-state index is 0.135. The summed E-state index contributed by atoms with van der Waals surface area (Å²) in [5.41, 5.74) is 4.29. The zero-order chi connectivity index (χ0) is 8.84. The van der Waals surface area contributed by atoms with Crippen molar-refractivity contribution in [3.8, 4) is 28.0 Å². The van der Waals surface area contributed by atoms with Crippen molar-refractivity contribution in [1.82, 2.24) is 0 Å². The Bertz CT molecular complexity index is 486. The lowest BCUT2D eigenvalue weighted by molar-refractivity contribution is 0.356. The fourth-order valence-electron chi connectivity index (χ4n) is 1.91. The predicted molar refractivity (Wildman–Crippen MR) is 51.0 cm³/mol. The zero-order valence-corrected chi connectivity index (χ0v) is 6.95. The van der Waals surface area contributed by atoms with E-state index in [0.717, 1.165) is 16.7 Å². The standard InChI is InChI=1S/C12H7O/c13-11-7-3-6-10-8-4-1-2-5-9(8)12(10)11/h1-7H. The summed E-state index contributed by atoms with van der Waals surface area (Å²) >= 11 is 0. The van der Waals surface area contributed by atoms with Crippen LogP contribution in [-0.4, -0.2) is 0 Å². The van der Waals surface area contributed by atoms with E-state index < -0.39 is 0 Å². The third-order valence-electron chi connectivity index (χ3n) is 2.51. The van der Waals surface area contributed by atoms with Gasteiger partial charge < -0.3 is 0 Å². The first-order chi connectivity index (χ1) is 6.38. The van der Waals surface area contributed by atoms with Gasteiger partial charge in [-0.1, -0.05) is 36.4 Å². The van der Waals surface area contributed by atoms with E-state index in [1.165, 1.54) is 5.56 Å². The van der Waals surface area contributed by atoms with Crippen LogP contribution in [0.1, 0.15) is 0 Å². The van der Waals surface area contributed by atoms with Gasteiger partial charge in [-0.3, -0.25) is 5.11 Å². The van der Waals surface area contributed by atoms with Gasteiger partial charge >= 0.3 is 0 Å². The average Bonchev–Trinajstić information content (AvgIpc) is 2.14. The molecule has 0 amide bonds. The molecule has 0 fully saturated rings. The third kappa shape index (κ3) is 0.712. The van der Waals surface area contributed by atoms with Crippen molar-refractivity contribution in [2.45, 2.75) is 0 Å². The Labute approximate surface area is 76.3 Å². The van der Waals surface area contributed by atoms with Gasteiger partial charge in [-0.25, -0.2) is 0 Å². The molecule has 1 nitrogen and oxygen atoms in total. The van der Waals surface area contributed by atoms with E-state index in [1.807, 2.05) is 30.3 Å². The molecule has 1 radical (unpaired) electrons. The van der Waals surface area contributed by atoms with Crippen molar-refractivity contribution in [2.24, 2.45) is 0 Å². The molecule has 1 aliphatic rings. The third-order valence-corrected chi connectivity index (χ3v) is 2.51. The van der Waals surface area contributed by atoms with Crippen molar-refractivity contribution < 1.29 is 5.11 Å². The molecule has 0 atom stereocenters. The van der Waals surface area contributed by atoms with E-state index in [0.29, 0.717) is 0 Å². The maximum Gasteiger partial charge on any atom is 0.187 e. The lowest BCUT2D eigenvalue weighted by atomic mass is 9.80. The van der Waals surface area contributed by atoms with Crippen molar-refractivity contribution in [1.29, 1.82) is 0 Å². The summed E-state index contributed by atoms with van der Waals surface area (Å²) in [6.45, 7) is 0. The Hall–Kier alpha value is -1.76. The monoisotopic (exact) mass is 167 g/mol. The van der Waals surface area contributed by atoms with Crippen LogP contribution in [0, 0.1) is 0 Å². The highest BCUT2D eigenvalue weighted by atomic mass is 16.3. The van der Waals surface area contributed by atoms with Gasteiger partial charge in [0, 0.05) is 5.56 Å². The van der Waals surface area contributed by atoms with Crippen LogP contribution < -0.4 is 0 Å². The maximum atomic E-state index is 11.5. The highest BCUT2D eigenvalue weighted by Gasteiger charge is 2.24. The summed E-state index contributed by atoms with van der Waals surface area (Å²) in [6, 6.07) is 13.5. The molecule has 0 bridgehead atoms. The smallest absolute Gasteiger partial charge is 0.187 e. The van der Waals surface area contributed by atoms with Crippen molar-refractivity contribution in [2.75, 3.05) is 0 Å². The molecule has 0 aliphatic heterocycles. The number of benzene rings is 2. The van der Waals surface area contributed by atoms with Gasteiger partial charge in [-0.2, -0.15) is 0 Å². The average molecular weight is 167 g/mol. The number of fused-ring (bicyclic) bond motifs is 4. The Morgan fingerprint density at radius 2 is 1.38 bits per heavy atom. The lowest BCUT2D eigenvalue weighted by Gasteiger charge is -2.23. The van der Waals surface area contributed by atoms with Gasteiger partial charge in [0.25, 0.3) is 0 Å². The van der Waals surface area contributed by atoms with Crippen LogP contribution in [0.3, 0.4) is 0 Å². The molecule has 0 aromatic heterocycles. The van der Waals surface area contributed by atoms with Crippen LogP contribution >= 0.6 is 0 Å². The van der Waals surface area contributed by atoms with Gasteiger partial charge in [0.15, 0.2) is 5.75 Å². The molecule has 0 unspecified atom stereocenters. The van der Waals surface area contributed by atoms with E-state index in [2.05, 4.69) is 6.07 Å². The number of hydrogen-bond donors (Lipinski definition) is 0. The Morgan fingerprint density at radius 3 is 2.23 bits per heavy atom. The molecule has 0 saturated heterocycles. The second-order valence-corrected chi connectivity index (χ2v) is 3.22. The Kier molecular flexibility index (Phi) is 1.10. The number of rotatable bonds is 0. The van der Waals surface area contributed by atoms with Crippen molar-refractivity contribution in [3.63, 3.8) is 0 Å². The highest BCUT2D eigenvalue weighted by molar-refractivity contribution is 6.04. The maximum absolute atomic E-state index is 11.5. The Balaban J connectivity index is 2.35. The minimum Gasteiger partial charge on any atom is -0.289 e. The molecular formula is C12H7O. The molecule has 0 saturated carbocycles. The second kappa shape index (κ2) is 2.13. The van der Waals surface area contributed by atoms with Gasteiger partial charge in [0.2, 0.25) is 0 Å². The summed E-state index contributed by atoms with van der Waals surface area (Å²) in [4.78, 5) is 0. The fraction of sp³-hybridized carbons (Fsp3) is 0. The highest BCUT2D eigenvalue weighted by Crippen LogP contribution is 2.51. The topological polar surface area (TPSA) is 19.9 Å². The molecule has 2 aromatic rings. The van der Waals surface area contributed by atoms with E-state index in [1.54, 1.807) is 6.07 Å². The molecule has 0 spiro atoms. The van der Waals surface area contributed by atoms with Crippen LogP contribution in [0.4, 0.5) is 0 Å². The van der Waals surface area contributed by atoms with E-state index >= 15 is 0 Å². The summed E-state index contributed by atoms with van der Waals surface area (Å²) in [5.74, 6) is 0.135. The quantitative estimate of drug-likeness (QED) is 0.488. The minimum absolute atomic E-state index is 0.135. The molecular weight excluding hydrogens is 160 g/mol. The Morgan fingerprint density at radius 1 is 0.692 bits per heavy atom. The summed E-state index contributed by atoms with van der Waals surface area (Å²) in [5, 5.41) is 11.5. The lowest BCUT2D eigenvalue weighted by Crippen LogP contribution is -1.97. The largest absolute Gasteiger partial charge is 0.289 e. The van der Waals surface area contributed by atoms with Crippen LogP contribution in [0.2, 0.25) is 0 Å². The van der Waals surface area contributed by atoms with Gasteiger partial charge in [-0.15, -0.1) is 0 Å². The molecule has 2 aromatic carbocycles. The molecule has 3 rings (SSSR count). The predicted octanol–water partition coefficient (Wildman–Crippen LogP) is 3.48. The number of hydrogen-bond acceptors (Lipinski definition) is 0. The fourth-order valence-corrected chi connectivity index (χ4v) is 1.91. The summed E-state index contributed by atoms with van der Waals surface area (Å²) in [7, 11) is 0. The van der Waals surface area contributed by atoms with Gasteiger partial charge in [0.1, 0.15) is 0 Å². The molecule has 13 heavy (non-hydrogen) atoms. The normalized spacial score (nSPS) is 11.4. The van der Waals surface area contributed by atoms with E-state index in [4.69, 9.17) is 0 Å². The molecule has 0 heterocycles. The second-order valence-electron chi connectivity index (χ2n) is 3.22.